The van der Waals surface area contributed by atoms with Crippen molar-refractivity contribution in [3.63, 3.8) is 0 Å². The molecule has 0 aromatic carbocycles. The van der Waals surface area contributed by atoms with Crippen molar-refractivity contribution in [3.8, 4) is 6.07 Å². The van der Waals surface area contributed by atoms with E-state index < -0.39 is 5.54 Å². The smallest absolute Gasteiger partial charge is 0.219 e. The van der Waals surface area contributed by atoms with Crippen molar-refractivity contribution < 1.29 is 4.79 Å². The molecule has 1 fully saturated rings. The van der Waals surface area contributed by atoms with Gasteiger partial charge in [0.2, 0.25) is 5.91 Å². The zero-order valence-corrected chi connectivity index (χ0v) is 10.4. The average Bonchev–Trinajstić information content (AvgIpc) is 2.27. The molecule has 1 aliphatic rings. The first-order valence-corrected chi connectivity index (χ1v) is 5.91. The third-order valence-electron chi connectivity index (χ3n) is 3.13. The quantitative estimate of drug-likeness (QED) is 0.780. The number of amides is 1. The van der Waals surface area contributed by atoms with E-state index in [1.807, 2.05) is 4.90 Å². The molecule has 0 aromatic rings. The third-order valence-corrected chi connectivity index (χ3v) is 3.13. The second-order valence-corrected chi connectivity index (χ2v) is 4.97. The number of carbonyl (C=O) groups is 1. The Hall–Kier alpha value is -1.08. The van der Waals surface area contributed by atoms with Crippen LogP contribution in [-0.4, -0.2) is 36.0 Å². The van der Waals surface area contributed by atoms with Crippen molar-refractivity contribution in [2.75, 3.05) is 19.6 Å². The van der Waals surface area contributed by atoms with E-state index in [0.29, 0.717) is 19.0 Å². The van der Waals surface area contributed by atoms with Gasteiger partial charge < -0.3 is 4.90 Å². The largest absolute Gasteiger partial charge is 0.343 e. The first-order valence-electron chi connectivity index (χ1n) is 5.91. The fourth-order valence-corrected chi connectivity index (χ4v) is 1.93. The number of nitrogens with zero attached hydrogens (tertiary/aromatic N) is 2. The van der Waals surface area contributed by atoms with E-state index in [4.69, 9.17) is 0 Å². The molecule has 0 bridgehead atoms. The maximum Gasteiger partial charge on any atom is 0.219 e. The molecule has 1 amide bonds. The highest BCUT2D eigenvalue weighted by Gasteiger charge is 2.34. The fraction of sp³-hybridized carbons (Fsp3) is 0.833. The number of hydrogen-bond acceptors (Lipinski definition) is 3. The van der Waals surface area contributed by atoms with Gasteiger partial charge in [-0.2, -0.15) is 5.26 Å². The number of nitriles is 1. The van der Waals surface area contributed by atoms with Crippen LogP contribution in [0.4, 0.5) is 0 Å². The standard InChI is InChI=1S/C12H21N3O/c1-10(2)8-14-12(9-13)4-6-15(7-5-12)11(3)16/h10,14H,4-8H2,1-3H3. The molecule has 0 spiro atoms. The number of carbonyl (C=O) groups excluding carboxylic acids is 1. The van der Waals surface area contributed by atoms with Crippen LogP contribution in [0, 0.1) is 17.2 Å². The van der Waals surface area contributed by atoms with Gasteiger partial charge in [-0.15, -0.1) is 0 Å². The van der Waals surface area contributed by atoms with Crippen molar-refractivity contribution >= 4 is 5.91 Å². The predicted octanol–water partition coefficient (Wildman–Crippen LogP) is 1.14. The Bertz CT molecular complexity index is 285. The third kappa shape index (κ3) is 3.21. The molecule has 0 saturated carbocycles. The molecule has 0 atom stereocenters. The molecular weight excluding hydrogens is 202 g/mol. The van der Waals surface area contributed by atoms with Crippen molar-refractivity contribution in [2.45, 2.75) is 39.2 Å². The lowest BCUT2D eigenvalue weighted by Gasteiger charge is -2.37. The number of likely N-dealkylation sites (tertiary alicyclic amines) is 1. The summed E-state index contributed by atoms with van der Waals surface area (Å²) in [4.78, 5) is 13.0. The normalized spacial score (nSPS) is 19.6. The molecular formula is C12H21N3O. The van der Waals surface area contributed by atoms with Crippen LogP contribution in [0.15, 0.2) is 0 Å². The van der Waals surface area contributed by atoms with Crippen LogP contribution >= 0.6 is 0 Å². The highest BCUT2D eigenvalue weighted by Crippen LogP contribution is 2.21. The van der Waals surface area contributed by atoms with E-state index in [9.17, 15) is 10.1 Å². The second kappa shape index (κ2) is 5.31. The lowest BCUT2D eigenvalue weighted by atomic mass is 9.88. The predicted molar refractivity (Wildman–Crippen MR) is 62.7 cm³/mol. The van der Waals surface area contributed by atoms with Gasteiger partial charge in [-0.05, 0) is 25.3 Å². The first kappa shape index (κ1) is 13.0. The van der Waals surface area contributed by atoms with Crippen LogP contribution < -0.4 is 5.32 Å². The summed E-state index contributed by atoms with van der Waals surface area (Å²) in [6, 6.07) is 2.38. The Kier molecular flexibility index (Phi) is 4.31. The van der Waals surface area contributed by atoms with Crippen LogP contribution in [0.2, 0.25) is 0 Å². The molecule has 16 heavy (non-hydrogen) atoms. The van der Waals surface area contributed by atoms with Gasteiger partial charge >= 0.3 is 0 Å². The molecule has 1 saturated heterocycles. The lowest BCUT2D eigenvalue weighted by Crippen LogP contribution is -2.54. The summed E-state index contributed by atoms with van der Waals surface area (Å²) in [5, 5.41) is 12.6. The maximum absolute atomic E-state index is 11.2. The summed E-state index contributed by atoms with van der Waals surface area (Å²) >= 11 is 0. The summed E-state index contributed by atoms with van der Waals surface area (Å²) in [5.41, 5.74) is -0.420. The van der Waals surface area contributed by atoms with E-state index in [1.54, 1.807) is 6.92 Å². The van der Waals surface area contributed by atoms with Gasteiger partial charge in [0.15, 0.2) is 0 Å². The Morgan fingerprint density at radius 2 is 2.06 bits per heavy atom. The van der Waals surface area contributed by atoms with Gasteiger partial charge in [-0.3, -0.25) is 10.1 Å². The van der Waals surface area contributed by atoms with E-state index in [-0.39, 0.29) is 5.91 Å². The van der Waals surface area contributed by atoms with Crippen molar-refractivity contribution in [3.05, 3.63) is 0 Å². The SMILES string of the molecule is CC(=O)N1CCC(C#N)(NCC(C)C)CC1. The van der Waals surface area contributed by atoms with Crippen LogP contribution in [0.1, 0.15) is 33.6 Å². The van der Waals surface area contributed by atoms with E-state index >= 15 is 0 Å². The summed E-state index contributed by atoms with van der Waals surface area (Å²) in [5.74, 6) is 0.645. The molecule has 0 radical (unpaired) electrons. The van der Waals surface area contributed by atoms with Gasteiger partial charge in [-0.25, -0.2) is 0 Å². The molecule has 1 rings (SSSR count). The molecule has 0 aliphatic carbocycles. The Labute approximate surface area is 97.6 Å². The Balaban J connectivity index is 2.52. The van der Waals surface area contributed by atoms with Gasteiger partial charge in [0.1, 0.15) is 5.54 Å². The lowest BCUT2D eigenvalue weighted by molar-refractivity contribution is -0.130. The summed E-state index contributed by atoms with van der Waals surface area (Å²) < 4.78 is 0. The number of nitrogens with one attached hydrogen (secondary N) is 1. The topological polar surface area (TPSA) is 56.1 Å². The molecule has 4 nitrogen and oxygen atoms in total. The summed E-state index contributed by atoms with van der Waals surface area (Å²) in [6.45, 7) is 8.07. The minimum Gasteiger partial charge on any atom is -0.343 e. The molecule has 1 heterocycles. The fourth-order valence-electron chi connectivity index (χ4n) is 1.93. The van der Waals surface area contributed by atoms with Crippen molar-refractivity contribution in [2.24, 2.45) is 5.92 Å². The monoisotopic (exact) mass is 223 g/mol. The number of rotatable bonds is 3. The van der Waals surface area contributed by atoms with Gasteiger partial charge in [0, 0.05) is 20.0 Å². The summed E-state index contributed by atoms with van der Waals surface area (Å²) in [6.07, 6.45) is 1.46. The molecule has 90 valence electrons. The van der Waals surface area contributed by atoms with Crippen LogP contribution in [0.5, 0.6) is 0 Å². The highest BCUT2D eigenvalue weighted by atomic mass is 16.2. The van der Waals surface area contributed by atoms with Crippen LogP contribution in [0.3, 0.4) is 0 Å². The summed E-state index contributed by atoms with van der Waals surface area (Å²) in [7, 11) is 0. The Morgan fingerprint density at radius 1 is 1.50 bits per heavy atom. The van der Waals surface area contributed by atoms with Gasteiger partial charge in [-0.1, -0.05) is 13.8 Å². The van der Waals surface area contributed by atoms with Crippen molar-refractivity contribution in [1.29, 1.82) is 5.26 Å². The molecule has 0 aromatic heterocycles. The molecule has 4 heteroatoms. The molecule has 1 aliphatic heterocycles. The minimum atomic E-state index is -0.420. The molecule has 1 N–H and O–H groups in total. The Morgan fingerprint density at radius 3 is 2.44 bits per heavy atom. The number of hydrogen-bond donors (Lipinski definition) is 1. The minimum absolute atomic E-state index is 0.107. The van der Waals surface area contributed by atoms with Crippen molar-refractivity contribution in [1.82, 2.24) is 10.2 Å². The van der Waals surface area contributed by atoms with Crippen LogP contribution in [0.25, 0.3) is 0 Å². The highest BCUT2D eigenvalue weighted by molar-refractivity contribution is 5.73. The maximum atomic E-state index is 11.2. The number of piperidine rings is 1. The van der Waals surface area contributed by atoms with E-state index in [0.717, 1.165) is 19.4 Å². The second-order valence-electron chi connectivity index (χ2n) is 4.97. The molecule has 0 unspecified atom stereocenters. The zero-order valence-electron chi connectivity index (χ0n) is 10.4. The van der Waals surface area contributed by atoms with E-state index in [2.05, 4.69) is 25.2 Å². The van der Waals surface area contributed by atoms with Gasteiger partial charge in [0.05, 0.1) is 6.07 Å². The first-order chi connectivity index (χ1) is 7.49. The zero-order chi connectivity index (χ0) is 12.2. The average molecular weight is 223 g/mol. The van der Waals surface area contributed by atoms with E-state index in [1.165, 1.54) is 0 Å². The van der Waals surface area contributed by atoms with Crippen LogP contribution in [-0.2, 0) is 4.79 Å². The van der Waals surface area contributed by atoms with Gasteiger partial charge in [0.25, 0.3) is 0 Å².